The van der Waals surface area contributed by atoms with Gasteiger partial charge in [-0.25, -0.2) is 9.97 Å². The highest BCUT2D eigenvalue weighted by molar-refractivity contribution is 6.41. The third kappa shape index (κ3) is 4.82. The van der Waals surface area contributed by atoms with Gasteiger partial charge in [-0.3, -0.25) is 4.90 Å². The molecule has 170 valence electrons. The van der Waals surface area contributed by atoms with Crippen LogP contribution in [0.4, 0.5) is 5.82 Å². The predicted molar refractivity (Wildman–Crippen MR) is 129 cm³/mol. The van der Waals surface area contributed by atoms with Gasteiger partial charge in [0.2, 0.25) is 0 Å². The molecular weight excluding hydrogens is 475 g/mol. The summed E-state index contributed by atoms with van der Waals surface area (Å²) in [5.41, 5.74) is 1.10. The number of hydrogen-bond donors (Lipinski definition) is 1. The summed E-state index contributed by atoms with van der Waals surface area (Å²) in [6.07, 6.45) is 1.70. The molecule has 1 aliphatic heterocycles. The molecule has 10 heteroatoms. The summed E-state index contributed by atoms with van der Waals surface area (Å²) in [5, 5.41) is 6.25. The van der Waals surface area contributed by atoms with E-state index in [4.69, 9.17) is 54.0 Å². The molecular formula is C22H23Cl3N4O3. The SMILES string of the molecule is COc1cc(OC)c(Cl)c(-c2cc3cnc(Cl)cc3c(NCCN3CCOCC3)n2)c1Cl. The minimum atomic E-state index is 0.353. The van der Waals surface area contributed by atoms with Gasteiger partial charge >= 0.3 is 0 Å². The fourth-order valence-corrected chi connectivity index (χ4v) is 4.50. The van der Waals surface area contributed by atoms with Crippen molar-refractivity contribution in [3.05, 3.63) is 39.6 Å². The molecule has 0 unspecified atom stereocenters. The van der Waals surface area contributed by atoms with Crippen molar-refractivity contribution in [2.75, 3.05) is 58.9 Å². The molecule has 7 nitrogen and oxygen atoms in total. The lowest BCUT2D eigenvalue weighted by molar-refractivity contribution is 0.0398. The van der Waals surface area contributed by atoms with Gasteiger partial charge in [-0.15, -0.1) is 0 Å². The van der Waals surface area contributed by atoms with Gasteiger partial charge in [0.15, 0.2) is 0 Å². The van der Waals surface area contributed by atoms with Gasteiger partial charge in [-0.05, 0) is 12.1 Å². The molecule has 2 aromatic heterocycles. The zero-order valence-electron chi connectivity index (χ0n) is 17.8. The highest BCUT2D eigenvalue weighted by Gasteiger charge is 2.21. The van der Waals surface area contributed by atoms with Gasteiger partial charge in [-0.2, -0.15) is 0 Å². The minimum absolute atomic E-state index is 0.353. The zero-order valence-corrected chi connectivity index (χ0v) is 20.0. The van der Waals surface area contributed by atoms with Crippen LogP contribution in [0.15, 0.2) is 24.4 Å². The predicted octanol–water partition coefficient (Wildman–Crippen LogP) is 5.02. The molecule has 32 heavy (non-hydrogen) atoms. The van der Waals surface area contributed by atoms with Gasteiger partial charge in [0.25, 0.3) is 0 Å². The van der Waals surface area contributed by atoms with E-state index in [9.17, 15) is 0 Å². The van der Waals surface area contributed by atoms with Crippen molar-refractivity contribution in [1.82, 2.24) is 14.9 Å². The van der Waals surface area contributed by atoms with E-state index in [0.717, 1.165) is 43.6 Å². The first-order chi connectivity index (χ1) is 15.5. The summed E-state index contributed by atoms with van der Waals surface area (Å²) < 4.78 is 16.2. The second kappa shape index (κ2) is 10.3. The summed E-state index contributed by atoms with van der Waals surface area (Å²) in [7, 11) is 3.08. The normalized spacial score (nSPS) is 14.5. The van der Waals surface area contributed by atoms with E-state index in [1.54, 1.807) is 18.3 Å². The van der Waals surface area contributed by atoms with Crippen LogP contribution in [0.3, 0.4) is 0 Å². The topological polar surface area (TPSA) is 68.7 Å². The summed E-state index contributed by atoms with van der Waals surface area (Å²) >= 11 is 19.4. The summed E-state index contributed by atoms with van der Waals surface area (Å²) in [6.45, 7) is 4.92. The molecule has 3 heterocycles. The lowest BCUT2D eigenvalue weighted by atomic mass is 10.1. The molecule has 3 aromatic rings. The number of methoxy groups -OCH3 is 2. The van der Waals surface area contributed by atoms with Crippen molar-refractivity contribution in [2.24, 2.45) is 0 Å². The number of benzene rings is 1. The first-order valence-electron chi connectivity index (χ1n) is 10.1. The van der Waals surface area contributed by atoms with Crippen LogP contribution in [0, 0.1) is 0 Å². The molecule has 1 aromatic carbocycles. The highest BCUT2D eigenvalue weighted by atomic mass is 35.5. The Balaban J connectivity index is 1.75. The van der Waals surface area contributed by atoms with Crippen LogP contribution in [0.2, 0.25) is 15.2 Å². The van der Waals surface area contributed by atoms with Gasteiger partial charge in [-0.1, -0.05) is 34.8 Å². The second-order valence-electron chi connectivity index (χ2n) is 7.25. The Hall–Kier alpha value is -2.03. The first kappa shape index (κ1) is 23.1. The van der Waals surface area contributed by atoms with Crippen molar-refractivity contribution in [1.29, 1.82) is 0 Å². The number of halogens is 3. The van der Waals surface area contributed by atoms with E-state index in [2.05, 4.69) is 15.2 Å². The molecule has 0 saturated carbocycles. The third-order valence-corrected chi connectivity index (χ3v) is 6.29. The maximum absolute atomic E-state index is 6.63. The monoisotopic (exact) mass is 496 g/mol. The Morgan fingerprint density at radius 1 is 1.03 bits per heavy atom. The molecule has 1 saturated heterocycles. The van der Waals surface area contributed by atoms with Crippen molar-refractivity contribution < 1.29 is 14.2 Å². The average Bonchev–Trinajstić information content (AvgIpc) is 2.80. The lowest BCUT2D eigenvalue weighted by Gasteiger charge is -2.26. The molecule has 1 aliphatic rings. The van der Waals surface area contributed by atoms with Crippen LogP contribution in [0.1, 0.15) is 0 Å². The number of aromatic nitrogens is 2. The smallest absolute Gasteiger partial charge is 0.141 e. The number of morpholine rings is 1. The van der Waals surface area contributed by atoms with Crippen molar-refractivity contribution in [2.45, 2.75) is 0 Å². The van der Waals surface area contributed by atoms with E-state index < -0.39 is 0 Å². The van der Waals surface area contributed by atoms with Gasteiger partial charge in [0.1, 0.15) is 22.5 Å². The average molecular weight is 498 g/mol. The van der Waals surface area contributed by atoms with Crippen LogP contribution in [-0.4, -0.2) is 68.5 Å². The van der Waals surface area contributed by atoms with Crippen LogP contribution in [0.25, 0.3) is 22.0 Å². The van der Waals surface area contributed by atoms with E-state index in [-0.39, 0.29) is 0 Å². The van der Waals surface area contributed by atoms with Gasteiger partial charge < -0.3 is 19.5 Å². The van der Waals surface area contributed by atoms with Crippen molar-refractivity contribution in [3.63, 3.8) is 0 Å². The molecule has 0 amide bonds. The van der Waals surface area contributed by atoms with Crippen LogP contribution in [-0.2, 0) is 4.74 Å². The summed E-state index contributed by atoms with van der Waals surface area (Å²) in [6, 6.07) is 5.32. The Bertz CT molecular complexity index is 1100. The maximum atomic E-state index is 6.63. The molecule has 1 N–H and O–H groups in total. The minimum Gasteiger partial charge on any atom is -0.495 e. The standard InChI is InChI=1S/C22H23Cl3N4O3/c1-30-16-11-17(31-2)21(25)19(20(16)24)15-9-13-12-27-18(23)10-14(13)22(28-15)26-3-4-29-5-7-32-8-6-29/h9-12H,3-8H2,1-2H3,(H,26,28). The number of nitrogens with zero attached hydrogens (tertiary/aromatic N) is 3. The summed E-state index contributed by atoms with van der Waals surface area (Å²) in [5.74, 6) is 1.56. The van der Waals surface area contributed by atoms with E-state index in [0.29, 0.717) is 50.3 Å². The summed E-state index contributed by atoms with van der Waals surface area (Å²) in [4.78, 5) is 11.4. The van der Waals surface area contributed by atoms with E-state index >= 15 is 0 Å². The Morgan fingerprint density at radius 3 is 2.38 bits per heavy atom. The number of fused-ring (bicyclic) bond motifs is 1. The van der Waals surface area contributed by atoms with Crippen molar-refractivity contribution >= 4 is 51.4 Å². The fourth-order valence-electron chi connectivity index (χ4n) is 3.65. The fraction of sp³-hybridized carbons (Fsp3) is 0.364. The quantitative estimate of drug-likeness (QED) is 0.460. The number of hydrogen-bond acceptors (Lipinski definition) is 7. The van der Waals surface area contributed by atoms with E-state index in [1.807, 2.05) is 6.07 Å². The number of rotatable bonds is 7. The Labute approximate surface area is 201 Å². The Morgan fingerprint density at radius 2 is 1.72 bits per heavy atom. The molecule has 1 fully saturated rings. The lowest BCUT2D eigenvalue weighted by Crippen LogP contribution is -2.39. The molecule has 0 atom stereocenters. The van der Waals surface area contributed by atoms with Crippen LogP contribution in [0.5, 0.6) is 11.5 Å². The first-order valence-corrected chi connectivity index (χ1v) is 11.3. The highest BCUT2D eigenvalue weighted by Crippen LogP contribution is 2.46. The van der Waals surface area contributed by atoms with Gasteiger partial charge in [0.05, 0.1) is 43.2 Å². The Kier molecular flexibility index (Phi) is 7.43. The maximum Gasteiger partial charge on any atom is 0.141 e. The molecule has 4 rings (SSSR count). The number of pyridine rings is 2. The third-order valence-electron chi connectivity index (χ3n) is 5.33. The zero-order chi connectivity index (χ0) is 22.7. The van der Waals surface area contributed by atoms with Gasteiger partial charge in [0, 0.05) is 54.8 Å². The number of anilines is 1. The largest absolute Gasteiger partial charge is 0.495 e. The second-order valence-corrected chi connectivity index (χ2v) is 8.39. The van der Waals surface area contributed by atoms with Crippen LogP contribution < -0.4 is 14.8 Å². The number of ether oxygens (including phenoxy) is 3. The van der Waals surface area contributed by atoms with Crippen molar-refractivity contribution in [3.8, 4) is 22.8 Å². The van der Waals surface area contributed by atoms with Crippen LogP contribution >= 0.6 is 34.8 Å². The molecule has 0 spiro atoms. The molecule has 0 radical (unpaired) electrons. The molecule has 0 aliphatic carbocycles. The number of nitrogens with one attached hydrogen (secondary N) is 1. The molecule has 0 bridgehead atoms. The van der Waals surface area contributed by atoms with E-state index in [1.165, 1.54) is 14.2 Å².